The van der Waals surface area contributed by atoms with Crippen molar-refractivity contribution < 1.29 is 14.6 Å². The molecule has 16 heavy (non-hydrogen) atoms. The van der Waals surface area contributed by atoms with Gasteiger partial charge in [-0.1, -0.05) is 6.07 Å². The number of nitriles is 1. The van der Waals surface area contributed by atoms with Gasteiger partial charge >= 0.3 is 5.97 Å². The minimum Gasteiger partial charge on any atom is -0.478 e. The van der Waals surface area contributed by atoms with Gasteiger partial charge in [0.05, 0.1) is 17.3 Å². The first kappa shape index (κ1) is 10.3. The predicted octanol–water partition coefficient (Wildman–Crippen LogP) is 1.20. The quantitative estimate of drug-likeness (QED) is 0.740. The standard InChI is InChI=1S/C11H10N2O3/c1-6-9(11(14)15)16-10-7(5-12)3-2-4-8(10)13-6/h2-4,6,9,13H,1H3,(H,14,15). The van der Waals surface area contributed by atoms with Crippen LogP contribution in [0.15, 0.2) is 18.2 Å². The van der Waals surface area contributed by atoms with E-state index >= 15 is 0 Å². The van der Waals surface area contributed by atoms with Gasteiger partial charge in [0.1, 0.15) is 6.07 Å². The van der Waals surface area contributed by atoms with Gasteiger partial charge in [-0.15, -0.1) is 0 Å². The van der Waals surface area contributed by atoms with E-state index in [1.165, 1.54) is 0 Å². The number of carboxylic acid groups (broad SMARTS) is 1. The Hall–Kier alpha value is -2.22. The Morgan fingerprint density at radius 3 is 3.00 bits per heavy atom. The van der Waals surface area contributed by atoms with E-state index in [9.17, 15) is 4.79 Å². The van der Waals surface area contributed by atoms with E-state index in [4.69, 9.17) is 15.1 Å². The number of benzene rings is 1. The van der Waals surface area contributed by atoms with E-state index < -0.39 is 12.1 Å². The summed E-state index contributed by atoms with van der Waals surface area (Å²) in [4.78, 5) is 10.9. The molecule has 0 saturated heterocycles. The van der Waals surface area contributed by atoms with Crippen LogP contribution >= 0.6 is 0 Å². The van der Waals surface area contributed by atoms with Crippen LogP contribution in [-0.4, -0.2) is 23.2 Å². The Bertz CT molecular complexity index is 479. The zero-order chi connectivity index (χ0) is 11.7. The number of hydrogen-bond donors (Lipinski definition) is 2. The maximum absolute atomic E-state index is 10.9. The topological polar surface area (TPSA) is 82.3 Å². The molecule has 0 spiro atoms. The third-order valence-electron chi connectivity index (χ3n) is 2.46. The van der Waals surface area contributed by atoms with Crippen molar-refractivity contribution in [3.8, 4) is 11.8 Å². The highest BCUT2D eigenvalue weighted by atomic mass is 16.5. The lowest BCUT2D eigenvalue weighted by molar-refractivity contribution is -0.145. The molecule has 2 atom stereocenters. The average molecular weight is 218 g/mol. The summed E-state index contributed by atoms with van der Waals surface area (Å²) < 4.78 is 5.34. The van der Waals surface area contributed by atoms with Gasteiger partial charge in [0, 0.05) is 0 Å². The van der Waals surface area contributed by atoms with Gasteiger partial charge in [-0.05, 0) is 19.1 Å². The molecule has 0 radical (unpaired) electrons. The SMILES string of the molecule is CC1Nc2cccc(C#N)c2OC1C(=O)O. The van der Waals surface area contributed by atoms with Crippen molar-refractivity contribution >= 4 is 11.7 Å². The van der Waals surface area contributed by atoms with Crippen LogP contribution in [0.1, 0.15) is 12.5 Å². The Balaban J connectivity index is 2.44. The second-order valence-electron chi connectivity index (χ2n) is 3.60. The van der Waals surface area contributed by atoms with Gasteiger partial charge in [0.2, 0.25) is 6.10 Å². The smallest absolute Gasteiger partial charge is 0.347 e. The second kappa shape index (κ2) is 3.74. The molecule has 2 unspecified atom stereocenters. The van der Waals surface area contributed by atoms with Crippen LogP contribution in [-0.2, 0) is 4.79 Å². The monoisotopic (exact) mass is 218 g/mol. The minimum absolute atomic E-state index is 0.315. The Morgan fingerprint density at radius 1 is 1.62 bits per heavy atom. The fraction of sp³-hybridized carbons (Fsp3) is 0.273. The average Bonchev–Trinajstić information content (AvgIpc) is 2.26. The van der Waals surface area contributed by atoms with Crippen molar-refractivity contribution in [3.05, 3.63) is 23.8 Å². The molecule has 1 aliphatic heterocycles. The van der Waals surface area contributed by atoms with Crippen molar-refractivity contribution in [1.82, 2.24) is 0 Å². The zero-order valence-corrected chi connectivity index (χ0v) is 8.60. The third kappa shape index (κ3) is 1.54. The van der Waals surface area contributed by atoms with Gasteiger partial charge < -0.3 is 15.2 Å². The van der Waals surface area contributed by atoms with Gasteiger partial charge in [-0.2, -0.15) is 5.26 Å². The molecule has 2 rings (SSSR count). The molecule has 0 bridgehead atoms. The summed E-state index contributed by atoms with van der Waals surface area (Å²) in [6.07, 6.45) is -0.970. The molecule has 0 aromatic heterocycles. The van der Waals surface area contributed by atoms with E-state index in [0.29, 0.717) is 17.0 Å². The minimum atomic E-state index is -1.04. The number of carbonyl (C=O) groups is 1. The van der Waals surface area contributed by atoms with Crippen molar-refractivity contribution in [1.29, 1.82) is 5.26 Å². The summed E-state index contributed by atoms with van der Waals surface area (Å²) in [7, 11) is 0. The van der Waals surface area contributed by atoms with E-state index in [1.807, 2.05) is 6.07 Å². The highest BCUT2D eigenvalue weighted by molar-refractivity contribution is 5.77. The molecule has 1 heterocycles. The number of aliphatic carboxylic acids is 1. The van der Waals surface area contributed by atoms with Crippen LogP contribution in [0.2, 0.25) is 0 Å². The van der Waals surface area contributed by atoms with Gasteiger partial charge in [-0.25, -0.2) is 4.79 Å². The molecule has 0 fully saturated rings. The summed E-state index contributed by atoms with van der Waals surface area (Å²) in [6, 6.07) is 6.71. The Labute approximate surface area is 92.3 Å². The number of hydrogen-bond acceptors (Lipinski definition) is 4. The number of rotatable bonds is 1. The molecule has 1 aromatic carbocycles. The van der Waals surface area contributed by atoms with Gasteiger partial charge in [0.15, 0.2) is 5.75 Å². The largest absolute Gasteiger partial charge is 0.478 e. The number of anilines is 1. The fourth-order valence-electron chi connectivity index (χ4n) is 1.68. The molecule has 5 nitrogen and oxygen atoms in total. The normalized spacial score (nSPS) is 22.2. The molecule has 5 heteroatoms. The first-order valence-corrected chi connectivity index (χ1v) is 4.82. The first-order valence-electron chi connectivity index (χ1n) is 4.82. The Morgan fingerprint density at radius 2 is 2.38 bits per heavy atom. The molecule has 2 N–H and O–H groups in total. The van der Waals surface area contributed by atoms with Crippen LogP contribution < -0.4 is 10.1 Å². The lowest BCUT2D eigenvalue weighted by Crippen LogP contribution is -2.45. The third-order valence-corrected chi connectivity index (χ3v) is 2.46. The van der Waals surface area contributed by atoms with Crippen molar-refractivity contribution in [2.75, 3.05) is 5.32 Å². The van der Waals surface area contributed by atoms with Crippen LogP contribution in [0.25, 0.3) is 0 Å². The zero-order valence-electron chi connectivity index (χ0n) is 8.60. The van der Waals surface area contributed by atoms with E-state index in [2.05, 4.69) is 5.32 Å². The summed E-state index contributed by atoms with van der Waals surface area (Å²) >= 11 is 0. The lowest BCUT2D eigenvalue weighted by atomic mass is 10.1. The summed E-state index contributed by atoms with van der Waals surface area (Å²) in [5, 5.41) is 20.8. The number of ether oxygens (including phenoxy) is 1. The molecule has 0 saturated carbocycles. The molecule has 0 aliphatic carbocycles. The van der Waals surface area contributed by atoms with Crippen molar-refractivity contribution in [2.45, 2.75) is 19.1 Å². The fourth-order valence-corrected chi connectivity index (χ4v) is 1.68. The molecule has 82 valence electrons. The van der Waals surface area contributed by atoms with Crippen molar-refractivity contribution in [2.24, 2.45) is 0 Å². The molecule has 1 aliphatic rings. The molecular weight excluding hydrogens is 208 g/mol. The van der Waals surface area contributed by atoms with E-state index in [1.54, 1.807) is 25.1 Å². The highest BCUT2D eigenvalue weighted by Gasteiger charge is 2.33. The van der Waals surface area contributed by atoms with E-state index in [0.717, 1.165) is 0 Å². The number of nitrogens with zero attached hydrogens (tertiary/aromatic N) is 1. The molecular formula is C11H10N2O3. The van der Waals surface area contributed by atoms with E-state index in [-0.39, 0.29) is 6.04 Å². The number of carboxylic acids is 1. The van der Waals surface area contributed by atoms with Crippen LogP contribution in [0, 0.1) is 11.3 Å². The Kier molecular flexibility index (Phi) is 2.41. The van der Waals surface area contributed by atoms with Crippen molar-refractivity contribution in [3.63, 3.8) is 0 Å². The molecule has 0 amide bonds. The highest BCUT2D eigenvalue weighted by Crippen LogP contribution is 2.34. The number of fused-ring (bicyclic) bond motifs is 1. The summed E-state index contributed by atoms with van der Waals surface area (Å²) in [6.45, 7) is 1.72. The lowest BCUT2D eigenvalue weighted by Gasteiger charge is -2.30. The predicted molar refractivity (Wildman–Crippen MR) is 56.3 cm³/mol. The van der Waals surface area contributed by atoms with Crippen LogP contribution in [0.3, 0.4) is 0 Å². The maximum Gasteiger partial charge on any atom is 0.347 e. The second-order valence-corrected chi connectivity index (χ2v) is 3.60. The maximum atomic E-state index is 10.9. The van der Waals surface area contributed by atoms with Crippen LogP contribution in [0.4, 0.5) is 5.69 Å². The molecule has 1 aromatic rings. The van der Waals surface area contributed by atoms with Gasteiger partial charge in [0.25, 0.3) is 0 Å². The summed E-state index contributed by atoms with van der Waals surface area (Å²) in [5.41, 5.74) is 0.993. The summed E-state index contributed by atoms with van der Waals surface area (Å²) in [5.74, 6) is -0.728. The first-order chi connectivity index (χ1) is 7.63. The number of nitrogens with one attached hydrogen (secondary N) is 1. The van der Waals surface area contributed by atoms with Gasteiger partial charge in [-0.3, -0.25) is 0 Å². The number of para-hydroxylation sites is 1. The van der Waals surface area contributed by atoms with Crippen LogP contribution in [0.5, 0.6) is 5.75 Å².